The Morgan fingerprint density at radius 1 is 1.22 bits per heavy atom. The Labute approximate surface area is 110 Å². The molecule has 0 amide bonds. The third-order valence-corrected chi connectivity index (χ3v) is 3.43. The Balaban J connectivity index is 3.33. The van der Waals surface area contributed by atoms with Crippen LogP contribution in [0.5, 0.6) is 0 Å². The van der Waals surface area contributed by atoms with Gasteiger partial charge in [-0.2, -0.15) is 0 Å². The number of carbonyl (C=O) groups excluding carboxylic acids is 1. The summed E-state index contributed by atoms with van der Waals surface area (Å²) in [4.78, 5) is 11.7. The Morgan fingerprint density at radius 3 is 2.28 bits per heavy atom. The lowest BCUT2D eigenvalue weighted by Gasteiger charge is -2.12. The average molecular weight is 270 g/mol. The highest BCUT2D eigenvalue weighted by Gasteiger charge is 2.15. The molecule has 4 nitrogen and oxygen atoms in total. The second kappa shape index (κ2) is 6.66. The van der Waals surface area contributed by atoms with Crippen molar-refractivity contribution in [1.82, 2.24) is 0 Å². The molecule has 5 heteroatoms. The fraction of sp³-hybridized carbons (Fsp3) is 0.462. The summed E-state index contributed by atoms with van der Waals surface area (Å²) in [5, 5.41) is 0. The second-order valence-electron chi connectivity index (χ2n) is 3.94. The van der Waals surface area contributed by atoms with E-state index < -0.39 is 17.0 Å². The van der Waals surface area contributed by atoms with Crippen LogP contribution in [0.25, 0.3) is 0 Å². The maximum Gasteiger partial charge on any atom is 0.338 e. The van der Waals surface area contributed by atoms with Crippen LogP contribution in [-0.4, -0.2) is 21.8 Å². The predicted molar refractivity (Wildman–Crippen MR) is 71.0 cm³/mol. The largest absolute Gasteiger partial charge is 0.465 e. The zero-order chi connectivity index (χ0) is 13.7. The highest BCUT2D eigenvalue weighted by Crippen LogP contribution is 2.20. The minimum absolute atomic E-state index is 0.0389. The molecule has 0 aromatic heterocycles. The molecule has 0 heterocycles. The number of hydrogen-bond acceptors (Lipinski definition) is 3. The van der Waals surface area contributed by atoms with Crippen molar-refractivity contribution in [3.8, 4) is 0 Å². The molecule has 0 aliphatic rings. The lowest BCUT2D eigenvalue weighted by Crippen LogP contribution is -2.09. The van der Waals surface area contributed by atoms with Crippen molar-refractivity contribution in [2.45, 2.75) is 32.4 Å². The Bertz CT molecular complexity index is 468. The van der Waals surface area contributed by atoms with E-state index in [2.05, 4.69) is 0 Å². The molecule has 1 aromatic rings. The molecule has 1 N–H and O–H groups in total. The number of rotatable bonds is 5. The topological polar surface area (TPSA) is 63.6 Å². The lowest BCUT2D eigenvalue weighted by atomic mass is 9.96. The van der Waals surface area contributed by atoms with E-state index in [9.17, 15) is 9.00 Å². The Kier molecular flexibility index (Phi) is 5.50. The highest BCUT2D eigenvalue weighted by atomic mass is 32.2. The number of hydrogen-bond donors (Lipinski definition) is 1. The summed E-state index contributed by atoms with van der Waals surface area (Å²) in [6.07, 6.45) is 1.49. The van der Waals surface area contributed by atoms with Crippen LogP contribution in [0.4, 0.5) is 0 Å². The minimum Gasteiger partial charge on any atom is -0.465 e. The summed E-state index contributed by atoms with van der Waals surface area (Å²) < 4.78 is 24.7. The predicted octanol–water partition coefficient (Wildman–Crippen LogP) is 2.32. The van der Waals surface area contributed by atoms with E-state index in [1.54, 1.807) is 6.07 Å². The Morgan fingerprint density at radius 2 is 1.83 bits per heavy atom. The molecule has 18 heavy (non-hydrogen) atoms. The number of ether oxygens (including phenoxy) is 1. The zero-order valence-corrected chi connectivity index (χ0v) is 11.7. The van der Waals surface area contributed by atoms with E-state index in [1.165, 1.54) is 7.11 Å². The van der Waals surface area contributed by atoms with Crippen LogP contribution in [0, 0.1) is 0 Å². The summed E-state index contributed by atoms with van der Waals surface area (Å²) in [6, 6.07) is 3.60. The van der Waals surface area contributed by atoms with Gasteiger partial charge in [0.25, 0.3) is 0 Å². The SMILES string of the molecule is CCc1cc(CC)c(C(=O)OC)cc1CS(=O)O. The van der Waals surface area contributed by atoms with Crippen LogP contribution in [0.1, 0.15) is 40.9 Å². The van der Waals surface area contributed by atoms with Crippen LogP contribution < -0.4 is 0 Å². The smallest absolute Gasteiger partial charge is 0.338 e. The fourth-order valence-electron chi connectivity index (χ4n) is 1.93. The third kappa shape index (κ3) is 3.40. The van der Waals surface area contributed by atoms with Gasteiger partial charge < -0.3 is 9.29 Å². The summed E-state index contributed by atoms with van der Waals surface area (Å²) in [6.45, 7) is 3.95. The quantitative estimate of drug-likeness (QED) is 0.659. The van der Waals surface area contributed by atoms with E-state index in [1.807, 2.05) is 19.9 Å². The van der Waals surface area contributed by atoms with Crippen LogP contribution in [-0.2, 0) is 34.4 Å². The number of benzene rings is 1. The van der Waals surface area contributed by atoms with Crippen LogP contribution in [0.15, 0.2) is 12.1 Å². The van der Waals surface area contributed by atoms with Gasteiger partial charge in [0, 0.05) is 0 Å². The van der Waals surface area contributed by atoms with Gasteiger partial charge in [0.1, 0.15) is 0 Å². The number of carbonyl (C=O) groups is 1. The molecular weight excluding hydrogens is 252 g/mol. The normalized spacial score (nSPS) is 12.2. The molecule has 0 fully saturated rings. The Hall–Kier alpha value is -1.20. The van der Waals surface area contributed by atoms with Crippen molar-refractivity contribution in [1.29, 1.82) is 0 Å². The van der Waals surface area contributed by atoms with E-state index in [0.717, 1.165) is 29.5 Å². The van der Waals surface area contributed by atoms with Crippen molar-refractivity contribution < 1.29 is 18.3 Å². The van der Waals surface area contributed by atoms with Crippen LogP contribution in [0.2, 0.25) is 0 Å². The summed E-state index contributed by atoms with van der Waals surface area (Å²) >= 11 is -1.91. The highest BCUT2D eigenvalue weighted by molar-refractivity contribution is 7.78. The first kappa shape index (κ1) is 14.9. The molecule has 1 rings (SSSR count). The molecule has 1 aromatic carbocycles. The monoisotopic (exact) mass is 270 g/mol. The van der Waals surface area contributed by atoms with Gasteiger partial charge in [0.15, 0.2) is 11.1 Å². The first-order valence-electron chi connectivity index (χ1n) is 5.83. The summed E-state index contributed by atoms with van der Waals surface area (Å²) in [7, 11) is 1.33. The average Bonchev–Trinajstić information content (AvgIpc) is 2.36. The number of aryl methyl sites for hydroxylation is 2. The minimum atomic E-state index is -1.91. The lowest BCUT2D eigenvalue weighted by molar-refractivity contribution is 0.0599. The van der Waals surface area contributed by atoms with Crippen molar-refractivity contribution in [3.63, 3.8) is 0 Å². The first-order chi connectivity index (χ1) is 8.53. The standard InChI is InChI=1S/C13H18O4S/c1-4-9-6-10(5-2)12(13(14)17-3)7-11(9)8-18(15)16/h6-7H,4-5,8H2,1-3H3,(H,15,16). The first-order valence-corrected chi connectivity index (χ1v) is 7.11. The van der Waals surface area contributed by atoms with Crippen LogP contribution in [0.3, 0.4) is 0 Å². The van der Waals surface area contributed by atoms with Gasteiger partial charge in [-0.25, -0.2) is 9.00 Å². The number of esters is 1. The van der Waals surface area contributed by atoms with Gasteiger partial charge >= 0.3 is 5.97 Å². The summed E-state index contributed by atoms with van der Waals surface area (Å²) in [5.41, 5.74) is 3.13. The number of methoxy groups -OCH3 is 1. The molecule has 0 saturated carbocycles. The van der Waals surface area contributed by atoms with Crippen LogP contribution >= 0.6 is 0 Å². The molecule has 100 valence electrons. The zero-order valence-electron chi connectivity index (χ0n) is 10.9. The van der Waals surface area contributed by atoms with Crippen molar-refractivity contribution >= 4 is 17.0 Å². The molecule has 0 aliphatic heterocycles. The third-order valence-electron chi connectivity index (χ3n) is 2.87. The summed E-state index contributed by atoms with van der Waals surface area (Å²) in [5.74, 6) is -0.364. The van der Waals surface area contributed by atoms with Crippen molar-refractivity contribution in [2.75, 3.05) is 7.11 Å². The van der Waals surface area contributed by atoms with Gasteiger partial charge in [0.05, 0.1) is 18.4 Å². The molecule has 0 bridgehead atoms. The molecule has 1 unspecified atom stereocenters. The molecule has 0 spiro atoms. The molecule has 0 saturated heterocycles. The second-order valence-corrected chi connectivity index (χ2v) is 4.87. The van der Waals surface area contributed by atoms with Crippen molar-refractivity contribution in [2.24, 2.45) is 0 Å². The van der Waals surface area contributed by atoms with Crippen molar-refractivity contribution in [3.05, 3.63) is 34.4 Å². The van der Waals surface area contributed by atoms with Gasteiger partial charge in [-0.3, -0.25) is 0 Å². The maximum absolute atomic E-state index is 11.7. The van der Waals surface area contributed by atoms with Gasteiger partial charge in [0.2, 0.25) is 0 Å². The van der Waals surface area contributed by atoms with E-state index in [4.69, 9.17) is 9.29 Å². The maximum atomic E-state index is 11.7. The van der Waals surface area contributed by atoms with Gasteiger partial charge in [-0.1, -0.05) is 19.9 Å². The molecule has 0 aliphatic carbocycles. The van der Waals surface area contributed by atoms with E-state index in [0.29, 0.717) is 5.56 Å². The fourth-order valence-corrected chi connectivity index (χ4v) is 2.46. The molecular formula is C13H18O4S. The molecule has 1 atom stereocenters. The molecule has 0 radical (unpaired) electrons. The van der Waals surface area contributed by atoms with Gasteiger partial charge in [-0.05, 0) is 35.6 Å². The van der Waals surface area contributed by atoms with E-state index >= 15 is 0 Å². The van der Waals surface area contributed by atoms with E-state index in [-0.39, 0.29) is 5.75 Å². The van der Waals surface area contributed by atoms with Gasteiger partial charge in [-0.15, -0.1) is 0 Å².